The van der Waals surface area contributed by atoms with Gasteiger partial charge in [0.2, 0.25) is 0 Å². The first-order valence-corrected chi connectivity index (χ1v) is 7.10. The monoisotopic (exact) mass is 263 g/mol. The molecule has 0 aromatic carbocycles. The van der Waals surface area contributed by atoms with Crippen LogP contribution in [0.15, 0.2) is 6.33 Å². The van der Waals surface area contributed by atoms with E-state index in [2.05, 4.69) is 47.6 Å². The van der Waals surface area contributed by atoms with Crippen LogP contribution in [0.1, 0.15) is 38.7 Å². The van der Waals surface area contributed by atoms with Gasteiger partial charge in [0.1, 0.15) is 18.0 Å². The minimum atomic E-state index is 0.343. The molecule has 1 aliphatic heterocycles. The molecule has 1 atom stereocenters. The third-order valence-corrected chi connectivity index (χ3v) is 4.02. The molecule has 2 heterocycles. The summed E-state index contributed by atoms with van der Waals surface area (Å²) >= 11 is 0. The smallest absolute Gasteiger partial charge is 0.137 e. The van der Waals surface area contributed by atoms with Crippen molar-refractivity contribution in [1.29, 1.82) is 0 Å². The van der Waals surface area contributed by atoms with Crippen molar-refractivity contribution < 1.29 is 0 Å². The van der Waals surface area contributed by atoms with Crippen molar-refractivity contribution in [1.82, 2.24) is 14.9 Å². The number of aromatic nitrogens is 2. The molecule has 0 amide bonds. The average Bonchev–Trinajstić information content (AvgIpc) is 2.38. The normalized spacial score (nSPS) is 21.1. The molecule has 0 aliphatic carbocycles. The lowest BCUT2D eigenvalue weighted by molar-refractivity contribution is 0.212. The Morgan fingerprint density at radius 1 is 1.37 bits per heavy atom. The molecule has 1 aliphatic rings. The highest BCUT2D eigenvalue weighted by molar-refractivity contribution is 5.58. The van der Waals surface area contributed by atoms with Crippen molar-refractivity contribution in [2.45, 2.75) is 39.2 Å². The maximum absolute atomic E-state index is 6.04. The number of anilines is 2. The van der Waals surface area contributed by atoms with E-state index >= 15 is 0 Å². The molecule has 19 heavy (non-hydrogen) atoms. The van der Waals surface area contributed by atoms with Crippen molar-refractivity contribution in [2.24, 2.45) is 0 Å². The molecule has 2 rings (SSSR count). The van der Waals surface area contributed by atoms with Gasteiger partial charge in [0.15, 0.2) is 0 Å². The van der Waals surface area contributed by atoms with E-state index < -0.39 is 0 Å². The predicted octanol–water partition coefficient (Wildman–Crippen LogP) is 1.71. The van der Waals surface area contributed by atoms with Crippen LogP contribution in [-0.4, -0.2) is 47.6 Å². The summed E-state index contributed by atoms with van der Waals surface area (Å²) in [7, 11) is 2.20. The van der Waals surface area contributed by atoms with Crippen molar-refractivity contribution in [3.8, 4) is 0 Å². The third kappa shape index (κ3) is 2.81. The fourth-order valence-electron chi connectivity index (χ4n) is 2.78. The molecular formula is C14H25N5. The second kappa shape index (κ2) is 5.74. The first-order valence-electron chi connectivity index (χ1n) is 7.10. The van der Waals surface area contributed by atoms with Crippen LogP contribution in [0.2, 0.25) is 0 Å². The van der Waals surface area contributed by atoms with E-state index in [0.717, 1.165) is 37.4 Å². The minimum Gasteiger partial charge on any atom is -0.383 e. The summed E-state index contributed by atoms with van der Waals surface area (Å²) in [4.78, 5) is 13.4. The van der Waals surface area contributed by atoms with E-state index in [1.807, 2.05) is 0 Å². The van der Waals surface area contributed by atoms with E-state index in [0.29, 0.717) is 17.8 Å². The van der Waals surface area contributed by atoms with E-state index in [-0.39, 0.29) is 0 Å². The van der Waals surface area contributed by atoms with Gasteiger partial charge in [-0.25, -0.2) is 9.97 Å². The minimum absolute atomic E-state index is 0.343. The number of nitrogens with zero attached hydrogens (tertiary/aromatic N) is 4. The van der Waals surface area contributed by atoms with Gasteiger partial charge in [-0.1, -0.05) is 20.8 Å². The molecule has 106 valence electrons. The second-order valence-electron chi connectivity index (χ2n) is 5.64. The molecule has 0 saturated carbocycles. The van der Waals surface area contributed by atoms with Gasteiger partial charge < -0.3 is 10.6 Å². The summed E-state index contributed by atoms with van der Waals surface area (Å²) in [6, 6.07) is 0.588. The highest BCUT2D eigenvalue weighted by Gasteiger charge is 2.26. The van der Waals surface area contributed by atoms with Gasteiger partial charge in [-0.2, -0.15) is 0 Å². The zero-order valence-electron chi connectivity index (χ0n) is 12.4. The third-order valence-electron chi connectivity index (χ3n) is 4.02. The van der Waals surface area contributed by atoms with Crippen LogP contribution in [0, 0.1) is 0 Å². The van der Waals surface area contributed by atoms with Crippen molar-refractivity contribution in [2.75, 3.05) is 37.3 Å². The number of nitrogen functional groups attached to an aromatic ring is 1. The first kappa shape index (κ1) is 14.1. The summed E-state index contributed by atoms with van der Waals surface area (Å²) in [5.74, 6) is 1.98. The van der Waals surface area contributed by atoms with Crippen molar-refractivity contribution in [3.05, 3.63) is 11.9 Å². The summed E-state index contributed by atoms with van der Waals surface area (Å²) in [5.41, 5.74) is 7.12. The molecule has 5 nitrogen and oxygen atoms in total. The highest BCUT2D eigenvalue weighted by Crippen LogP contribution is 2.30. The Morgan fingerprint density at radius 3 is 2.74 bits per heavy atom. The van der Waals surface area contributed by atoms with E-state index in [4.69, 9.17) is 5.73 Å². The predicted molar refractivity (Wildman–Crippen MR) is 79.5 cm³/mol. The summed E-state index contributed by atoms with van der Waals surface area (Å²) in [5, 5.41) is 0. The Bertz CT molecular complexity index is 432. The van der Waals surface area contributed by atoms with Crippen LogP contribution in [0.3, 0.4) is 0 Å². The summed E-state index contributed by atoms with van der Waals surface area (Å²) in [6.07, 6.45) is 2.74. The van der Waals surface area contributed by atoms with Crippen LogP contribution < -0.4 is 10.6 Å². The summed E-state index contributed by atoms with van der Waals surface area (Å²) in [6.45, 7) is 9.62. The highest BCUT2D eigenvalue weighted by atomic mass is 15.3. The molecule has 0 spiro atoms. The Balaban J connectivity index is 2.29. The lowest BCUT2D eigenvalue weighted by Crippen LogP contribution is -2.51. The maximum atomic E-state index is 6.04. The van der Waals surface area contributed by atoms with Gasteiger partial charge in [-0.3, -0.25) is 4.90 Å². The van der Waals surface area contributed by atoms with Gasteiger partial charge in [0.05, 0.1) is 0 Å². The molecule has 0 radical (unpaired) electrons. The van der Waals surface area contributed by atoms with Gasteiger partial charge in [0, 0.05) is 31.2 Å². The van der Waals surface area contributed by atoms with Gasteiger partial charge in [0.25, 0.3) is 0 Å². The summed E-state index contributed by atoms with van der Waals surface area (Å²) < 4.78 is 0. The first-order chi connectivity index (χ1) is 9.04. The molecule has 1 unspecified atom stereocenters. The Labute approximate surface area is 115 Å². The van der Waals surface area contributed by atoms with Crippen LogP contribution in [0.5, 0.6) is 0 Å². The zero-order chi connectivity index (χ0) is 14.0. The van der Waals surface area contributed by atoms with Gasteiger partial charge in [-0.15, -0.1) is 0 Å². The van der Waals surface area contributed by atoms with Crippen LogP contribution in [0.25, 0.3) is 0 Å². The average molecular weight is 263 g/mol. The Hall–Kier alpha value is -1.36. The van der Waals surface area contributed by atoms with E-state index in [1.54, 1.807) is 6.33 Å². The molecule has 1 aromatic rings. The zero-order valence-corrected chi connectivity index (χ0v) is 12.4. The maximum Gasteiger partial charge on any atom is 0.137 e. The SMILES string of the molecule is CCC1CN(c2ncnc(N)c2C(C)C)CCN1C. The second-order valence-corrected chi connectivity index (χ2v) is 5.64. The topological polar surface area (TPSA) is 58.3 Å². The number of hydrogen-bond acceptors (Lipinski definition) is 5. The number of rotatable bonds is 3. The van der Waals surface area contributed by atoms with Gasteiger partial charge in [-0.05, 0) is 19.4 Å². The molecule has 5 heteroatoms. The quantitative estimate of drug-likeness (QED) is 0.899. The van der Waals surface area contributed by atoms with E-state index in [9.17, 15) is 0 Å². The fraction of sp³-hybridized carbons (Fsp3) is 0.714. The molecule has 1 saturated heterocycles. The number of piperazine rings is 1. The number of hydrogen-bond donors (Lipinski definition) is 1. The number of nitrogens with two attached hydrogens (primary N) is 1. The van der Waals surface area contributed by atoms with Crippen LogP contribution in [-0.2, 0) is 0 Å². The van der Waals surface area contributed by atoms with Crippen molar-refractivity contribution >= 4 is 11.6 Å². The molecule has 1 aromatic heterocycles. The van der Waals surface area contributed by atoms with Crippen LogP contribution >= 0.6 is 0 Å². The van der Waals surface area contributed by atoms with Gasteiger partial charge >= 0.3 is 0 Å². The Kier molecular flexibility index (Phi) is 4.24. The van der Waals surface area contributed by atoms with Crippen molar-refractivity contribution in [3.63, 3.8) is 0 Å². The van der Waals surface area contributed by atoms with E-state index in [1.165, 1.54) is 0 Å². The van der Waals surface area contributed by atoms with Crippen LogP contribution in [0.4, 0.5) is 11.6 Å². The molecule has 0 bridgehead atoms. The lowest BCUT2D eigenvalue weighted by Gasteiger charge is -2.40. The largest absolute Gasteiger partial charge is 0.383 e. The fourth-order valence-corrected chi connectivity index (χ4v) is 2.78. The Morgan fingerprint density at radius 2 is 2.11 bits per heavy atom. The molecule has 1 fully saturated rings. The molecule has 2 N–H and O–H groups in total. The molecular weight excluding hydrogens is 238 g/mol. The standard InChI is InChI=1S/C14H25N5/c1-5-11-8-19(7-6-18(11)4)14-12(10(2)3)13(15)16-9-17-14/h9-11H,5-8H2,1-4H3,(H2,15,16,17). The number of likely N-dealkylation sites (N-methyl/N-ethyl adjacent to an activating group) is 1. The lowest BCUT2D eigenvalue weighted by atomic mass is 10.0.